The summed E-state index contributed by atoms with van der Waals surface area (Å²) in [7, 11) is 1.74. The first-order valence-corrected chi connectivity index (χ1v) is 9.13. The Morgan fingerprint density at radius 2 is 1.88 bits per heavy atom. The second-order valence-electron chi connectivity index (χ2n) is 6.23. The highest BCUT2D eigenvalue weighted by Crippen LogP contribution is 2.31. The first-order valence-electron chi connectivity index (χ1n) is 9.13. The van der Waals surface area contributed by atoms with Crippen molar-refractivity contribution in [1.82, 2.24) is 9.80 Å². The SMILES string of the molecule is CCN(CC)C(N)=NCC(c1ccccc1OC)N1CCCCC1. The molecule has 2 rings (SSSR count). The number of hydrogen-bond donors (Lipinski definition) is 1. The van der Waals surface area contributed by atoms with E-state index in [-0.39, 0.29) is 6.04 Å². The van der Waals surface area contributed by atoms with Gasteiger partial charge in [-0.25, -0.2) is 0 Å². The molecule has 0 saturated carbocycles. The van der Waals surface area contributed by atoms with Gasteiger partial charge in [-0.15, -0.1) is 0 Å². The monoisotopic (exact) mass is 332 g/mol. The van der Waals surface area contributed by atoms with Crippen LogP contribution in [0.4, 0.5) is 0 Å². The summed E-state index contributed by atoms with van der Waals surface area (Å²) in [5.41, 5.74) is 7.40. The number of likely N-dealkylation sites (tertiary alicyclic amines) is 1. The molecular weight excluding hydrogens is 300 g/mol. The van der Waals surface area contributed by atoms with Gasteiger partial charge in [-0.1, -0.05) is 24.6 Å². The second-order valence-corrected chi connectivity index (χ2v) is 6.23. The van der Waals surface area contributed by atoms with Gasteiger partial charge in [0.05, 0.1) is 19.7 Å². The van der Waals surface area contributed by atoms with Crippen LogP contribution in [0, 0.1) is 0 Å². The largest absolute Gasteiger partial charge is 0.496 e. The lowest BCUT2D eigenvalue weighted by Gasteiger charge is -2.35. The van der Waals surface area contributed by atoms with E-state index in [1.54, 1.807) is 7.11 Å². The molecule has 1 aliphatic rings. The highest BCUT2D eigenvalue weighted by atomic mass is 16.5. The van der Waals surface area contributed by atoms with Crippen LogP contribution in [0.3, 0.4) is 0 Å². The van der Waals surface area contributed by atoms with E-state index in [2.05, 4.69) is 35.8 Å². The summed E-state index contributed by atoms with van der Waals surface area (Å²) in [5.74, 6) is 1.57. The summed E-state index contributed by atoms with van der Waals surface area (Å²) >= 11 is 0. The average Bonchev–Trinajstić information content (AvgIpc) is 2.64. The van der Waals surface area contributed by atoms with Crippen molar-refractivity contribution in [3.63, 3.8) is 0 Å². The van der Waals surface area contributed by atoms with Gasteiger partial charge in [0, 0.05) is 18.7 Å². The van der Waals surface area contributed by atoms with E-state index in [9.17, 15) is 0 Å². The zero-order valence-corrected chi connectivity index (χ0v) is 15.4. The van der Waals surface area contributed by atoms with Gasteiger partial charge in [-0.05, 0) is 45.8 Å². The minimum absolute atomic E-state index is 0.218. The summed E-state index contributed by atoms with van der Waals surface area (Å²) in [5, 5.41) is 0. The second kappa shape index (κ2) is 9.52. The number of hydrogen-bond acceptors (Lipinski definition) is 3. The molecule has 1 unspecified atom stereocenters. The van der Waals surface area contributed by atoms with E-state index in [1.807, 2.05) is 12.1 Å². The number of methoxy groups -OCH3 is 1. The van der Waals surface area contributed by atoms with Crippen molar-refractivity contribution < 1.29 is 4.74 Å². The highest BCUT2D eigenvalue weighted by molar-refractivity contribution is 5.78. The Bertz CT molecular complexity index is 522. The maximum Gasteiger partial charge on any atom is 0.191 e. The minimum atomic E-state index is 0.218. The Balaban J connectivity index is 2.24. The van der Waals surface area contributed by atoms with Gasteiger partial charge < -0.3 is 15.4 Å². The van der Waals surface area contributed by atoms with Crippen molar-refractivity contribution in [2.75, 3.05) is 39.8 Å². The number of ether oxygens (including phenoxy) is 1. The van der Waals surface area contributed by atoms with Crippen LogP contribution < -0.4 is 10.5 Å². The average molecular weight is 332 g/mol. The quantitative estimate of drug-likeness (QED) is 0.616. The molecule has 1 aliphatic heterocycles. The fourth-order valence-electron chi connectivity index (χ4n) is 3.41. The Labute approximate surface area is 146 Å². The Hall–Kier alpha value is -1.75. The number of piperidine rings is 1. The van der Waals surface area contributed by atoms with Crippen LogP contribution >= 0.6 is 0 Å². The van der Waals surface area contributed by atoms with Crippen molar-refractivity contribution in [2.24, 2.45) is 10.7 Å². The molecule has 1 aromatic rings. The fourth-order valence-corrected chi connectivity index (χ4v) is 3.41. The van der Waals surface area contributed by atoms with E-state index >= 15 is 0 Å². The third-order valence-corrected chi connectivity index (χ3v) is 4.84. The molecule has 1 heterocycles. The minimum Gasteiger partial charge on any atom is -0.496 e. The molecular formula is C19H32N4O. The number of para-hydroxylation sites is 1. The number of guanidine groups is 1. The maximum atomic E-state index is 6.19. The van der Waals surface area contributed by atoms with Crippen LogP contribution in [0.15, 0.2) is 29.3 Å². The smallest absolute Gasteiger partial charge is 0.191 e. The van der Waals surface area contributed by atoms with Crippen LogP contribution in [-0.4, -0.2) is 55.6 Å². The van der Waals surface area contributed by atoms with Gasteiger partial charge in [0.2, 0.25) is 0 Å². The van der Waals surface area contributed by atoms with E-state index in [1.165, 1.54) is 24.8 Å². The molecule has 134 valence electrons. The van der Waals surface area contributed by atoms with Crippen LogP contribution in [0.2, 0.25) is 0 Å². The zero-order chi connectivity index (χ0) is 17.4. The third-order valence-electron chi connectivity index (χ3n) is 4.84. The number of aliphatic imine (C=N–C) groups is 1. The summed E-state index contributed by atoms with van der Waals surface area (Å²) in [4.78, 5) is 9.34. The van der Waals surface area contributed by atoms with E-state index in [0.29, 0.717) is 12.5 Å². The summed E-state index contributed by atoms with van der Waals surface area (Å²) < 4.78 is 5.60. The molecule has 0 spiro atoms. The van der Waals surface area contributed by atoms with Crippen LogP contribution in [0.5, 0.6) is 5.75 Å². The first-order chi connectivity index (χ1) is 11.7. The van der Waals surface area contributed by atoms with E-state index < -0.39 is 0 Å². The lowest BCUT2D eigenvalue weighted by Crippen LogP contribution is -2.39. The lowest BCUT2D eigenvalue weighted by molar-refractivity contribution is 0.165. The van der Waals surface area contributed by atoms with Crippen LogP contribution in [0.25, 0.3) is 0 Å². The number of nitrogens with zero attached hydrogens (tertiary/aromatic N) is 3. The Kier molecular flexibility index (Phi) is 7.37. The van der Waals surface area contributed by atoms with Gasteiger partial charge in [0.15, 0.2) is 5.96 Å². The standard InChI is InChI=1S/C19H32N4O/c1-4-22(5-2)19(20)21-15-17(23-13-9-6-10-14-23)16-11-7-8-12-18(16)24-3/h7-8,11-12,17H,4-6,9-10,13-15H2,1-3H3,(H2,20,21). The third kappa shape index (κ3) is 4.63. The molecule has 0 bridgehead atoms. The molecule has 5 heteroatoms. The van der Waals surface area contributed by atoms with Gasteiger partial charge >= 0.3 is 0 Å². The molecule has 0 radical (unpaired) electrons. The van der Waals surface area contributed by atoms with E-state index in [0.717, 1.165) is 31.9 Å². The fraction of sp³-hybridized carbons (Fsp3) is 0.632. The molecule has 0 amide bonds. The number of nitrogens with two attached hydrogens (primary N) is 1. The predicted octanol–water partition coefficient (Wildman–Crippen LogP) is 2.88. The zero-order valence-electron chi connectivity index (χ0n) is 15.4. The molecule has 5 nitrogen and oxygen atoms in total. The lowest BCUT2D eigenvalue weighted by atomic mass is 10.0. The summed E-state index contributed by atoms with van der Waals surface area (Å²) in [6.07, 6.45) is 3.82. The topological polar surface area (TPSA) is 54.1 Å². The molecule has 1 fully saturated rings. The molecule has 2 N–H and O–H groups in total. The summed E-state index contributed by atoms with van der Waals surface area (Å²) in [6.45, 7) is 8.88. The maximum absolute atomic E-state index is 6.19. The van der Waals surface area contributed by atoms with Crippen LogP contribution in [0.1, 0.15) is 44.7 Å². The molecule has 1 aromatic carbocycles. The first kappa shape index (κ1) is 18.6. The van der Waals surface area contributed by atoms with Crippen molar-refractivity contribution in [3.8, 4) is 5.75 Å². The van der Waals surface area contributed by atoms with E-state index in [4.69, 9.17) is 15.5 Å². The highest BCUT2D eigenvalue weighted by Gasteiger charge is 2.24. The van der Waals surface area contributed by atoms with Gasteiger partial charge in [0.1, 0.15) is 5.75 Å². The predicted molar refractivity (Wildman–Crippen MR) is 101 cm³/mol. The van der Waals surface area contributed by atoms with Crippen molar-refractivity contribution in [2.45, 2.75) is 39.2 Å². The molecule has 1 atom stereocenters. The summed E-state index contributed by atoms with van der Waals surface area (Å²) in [6, 6.07) is 8.50. The van der Waals surface area contributed by atoms with Gasteiger partial charge in [0.25, 0.3) is 0 Å². The normalized spacial score (nSPS) is 17.5. The molecule has 0 aliphatic carbocycles. The van der Waals surface area contributed by atoms with Gasteiger partial charge in [-0.2, -0.15) is 0 Å². The Morgan fingerprint density at radius 3 is 2.50 bits per heavy atom. The van der Waals surface area contributed by atoms with Crippen molar-refractivity contribution in [1.29, 1.82) is 0 Å². The number of rotatable bonds is 7. The molecule has 0 aromatic heterocycles. The van der Waals surface area contributed by atoms with Crippen molar-refractivity contribution in [3.05, 3.63) is 29.8 Å². The Morgan fingerprint density at radius 1 is 1.21 bits per heavy atom. The van der Waals surface area contributed by atoms with Crippen LogP contribution in [-0.2, 0) is 0 Å². The number of benzene rings is 1. The van der Waals surface area contributed by atoms with Gasteiger partial charge in [-0.3, -0.25) is 9.89 Å². The molecule has 1 saturated heterocycles. The molecule has 24 heavy (non-hydrogen) atoms. The van der Waals surface area contributed by atoms with Crippen molar-refractivity contribution >= 4 is 5.96 Å².